The lowest BCUT2D eigenvalue weighted by Gasteiger charge is -2.22. The minimum atomic E-state index is -0.336. The van der Waals surface area contributed by atoms with Crippen LogP contribution < -0.4 is 10.9 Å². The van der Waals surface area contributed by atoms with E-state index in [2.05, 4.69) is 10.4 Å². The maximum atomic E-state index is 12.8. The molecule has 2 N–H and O–H groups in total. The summed E-state index contributed by atoms with van der Waals surface area (Å²) < 4.78 is 6.93. The van der Waals surface area contributed by atoms with E-state index in [1.165, 1.54) is 10.6 Å². The minimum absolute atomic E-state index is 0.0819. The molecule has 1 fully saturated rings. The van der Waals surface area contributed by atoms with Gasteiger partial charge in [-0.15, -0.1) is 0 Å². The summed E-state index contributed by atoms with van der Waals surface area (Å²) in [4.78, 5) is 30.2. The Morgan fingerprint density at radius 2 is 1.94 bits per heavy atom. The first-order valence-electron chi connectivity index (χ1n) is 11.0. The van der Waals surface area contributed by atoms with Crippen molar-refractivity contribution in [3.05, 3.63) is 69.3 Å². The lowest BCUT2D eigenvalue weighted by atomic mass is 9.97. The van der Waals surface area contributed by atoms with Gasteiger partial charge in [-0.1, -0.05) is 43.7 Å². The summed E-state index contributed by atoms with van der Waals surface area (Å²) >= 11 is 0. The van der Waals surface area contributed by atoms with E-state index in [9.17, 15) is 9.59 Å². The van der Waals surface area contributed by atoms with Crippen molar-refractivity contribution in [2.45, 2.75) is 52.0 Å². The van der Waals surface area contributed by atoms with Crippen LogP contribution in [-0.4, -0.2) is 33.7 Å². The molecule has 3 heterocycles. The molecule has 1 aromatic carbocycles. The van der Waals surface area contributed by atoms with Crippen LogP contribution in [0.5, 0.6) is 0 Å². The molecule has 0 radical (unpaired) electrons. The first kappa shape index (κ1) is 21.3. The molecular weight excluding hydrogens is 392 g/mol. The van der Waals surface area contributed by atoms with Gasteiger partial charge < -0.3 is 10.1 Å². The maximum absolute atomic E-state index is 12.8. The largest absolute Gasteiger partial charge is 0.381 e. The normalized spacial score (nSPS) is 16.0. The van der Waals surface area contributed by atoms with Gasteiger partial charge in [-0.3, -0.25) is 14.7 Å². The van der Waals surface area contributed by atoms with Crippen LogP contribution >= 0.6 is 0 Å². The SMILES string of the molecule is Cc1ccc(CC(=O)NC(c2cc(=O)n3[nH]c(C4CCOCC4)cc3n2)C(C)C)cc1. The van der Waals surface area contributed by atoms with Crippen molar-refractivity contribution in [2.75, 3.05) is 13.2 Å². The van der Waals surface area contributed by atoms with Crippen LogP contribution in [0.1, 0.15) is 61.2 Å². The van der Waals surface area contributed by atoms with Crippen molar-refractivity contribution in [1.29, 1.82) is 0 Å². The van der Waals surface area contributed by atoms with E-state index in [0.29, 0.717) is 23.7 Å². The Morgan fingerprint density at radius 1 is 1.23 bits per heavy atom. The highest BCUT2D eigenvalue weighted by Gasteiger charge is 2.23. The second kappa shape index (κ2) is 9.06. The quantitative estimate of drug-likeness (QED) is 0.638. The Balaban J connectivity index is 1.57. The third kappa shape index (κ3) is 4.88. The molecule has 31 heavy (non-hydrogen) atoms. The van der Waals surface area contributed by atoms with Crippen molar-refractivity contribution in [2.24, 2.45) is 5.92 Å². The zero-order valence-electron chi connectivity index (χ0n) is 18.4. The van der Waals surface area contributed by atoms with Crippen molar-refractivity contribution in [1.82, 2.24) is 19.9 Å². The number of aromatic nitrogens is 3. The summed E-state index contributed by atoms with van der Waals surface area (Å²) in [6.45, 7) is 7.52. The number of aromatic amines is 1. The molecule has 7 nitrogen and oxygen atoms in total. The van der Waals surface area contributed by atoms with Crippen LogP contribution in [0, 0.1) is 12.8 Å². The van der Waals surface area contributed by atoms with E-state index >= 15 is 0 Å². The molecule has 3 aromatic rings. The van der Waals surface area contributed by atoms with Crippen molar-refractivity contribution >= 4 is 11.6 Å². The van der Waals surface area contributed by atoms with Gasteiger partial charge in [0.25, 0.3) is 5.56 Å². The van der Waals surface area contributed by atoms with Crippen LogP contribution in [0.2, 0.25) is 0 Å². The third-order valence-corrected chi connectivity index (χ3v) is 5.94. The lowest BCUT2D eigenvalue weighted by Crippen LogP contribution is -2.34. The van der Waals surface area contributed by atoms with Gasteiger partial charge in [0.05, 0.1) is 18.2 Å². The predicted octanol–water partition coefficient (Wildman–Crippen LogP) is 3.28. The number of ether oxygens (including phenoxy) is 1. The molecule has 4 rings (SSSR count). The number of carbonyl (C=O) groups is 1. The number of nitrogens with one attached hydrogen (secondary N) is 2. The highest BCUT2D eigenvalue weighted by atomic mass is 16.5. The van der Waals surface area contributed by atoms with Gasteiger partial charge in [-0.2, -0.15) is 0 Å². The number of benzene rings is 1. The predicted molar refractivity (Wildman–Crippen MR) is 119 cm³/mol. The fraction of sp³-hybridized carbons (Fsp3) is 0.458. The van der Waals surface area contributed by atoms with Crippen LogP contribution in [0.15, 0.2) is 41.2 Å². The molecule has 1 saturated heterocycles. The summed E-state index contributed by atoms with van der Waals surface area (Å²) in [5, 5.41) is 6.29. The van der Waals surface area contributed by atoms with Crippen molar-refractivity contribution in [3.8, 4) is 0 Å². The lowest BCUT2D eigenvalue weighted by molar-refractivity contribution is -0.121. The number of hydrogen-bond acceptors (Lipinski definition) is 4. The summed E-state index contributed by atoms with van der Waals surface area (Å²) in [5.41, 5.74) is 4.14. The van der Waals surface area contributed by atoms with Gasteiger partial charge in [0.2, 0.25) is 5.91 Å². The Labute approximate surface area is 181 Å². The first-order valence-corrected chi connectivity index (χ1v) is 11.0. The van der Waals surface area contributed by atoms with E-state index in [1.807, 2.05) is 51.1 Å². The van der Waals surface area contributed by atoms with E-state index in [1.54, 1.807) is 0 Å². The molecule has 1 aliphatic rings. The molecule has 7 heteroatoms. The number of hydrogen-bond donors (Lipinski definition) is 2. The van der Waals surface area contributed by atoms with Crippen LogP contribution in [0.4, 0.5) is 0 Å². The van der Waals surface area contributed by atoms with E-state index in [4.69, 9.17) is 9.72 Å². The molecule has 0 aliphatic carbocycles. The Morgan fingerprint density at radius 3 is 2.61 bits per heavy atom. The van der Waals surface area contributed by atoms with Crippen LogP contribution in [0.25, 0.3) is 5.65 Å². The van der Waals surface area contributed by atoms with Crippen molar-refractivity contribution in [3.63, 3.8) is 0 Å². The molecule has 2 aromatic heterocycles. The summed E-state index contributed by atoms with van der Waals surface area (Å²) in [6.07, 6.45) is 2.15. The van der Waals surface area contributed by atoms with E-state index < -0.39 is 0 Å². The highest BCUT2D eigenvalue weighted by Crippen LogP contribution is 2.26. The molecular formula is C24H30N4O3. The number of amides is 1. The Bertz CT molecular complexity index is 1110. The number of carbonyl (C=O) groups excluding carboxylic acids is 1. The van der Waals surface area contributed by atoms with Gasteiger partial charge in [0, 0.05) is 37.0 Å². The molecule has 1 aliphatic heterocycles. The summed E-state index contributed by atoms with van der Waals surface area (Å²) in [7, 11) is 0. The molecule has 1 atom stereocenters. The average molecular weight is 423 g/mol. The number of fused-ring (bicyclic) bond motifs is 1. The summed E-state index contributed by atoms with van der Waals surface area (Å²) in [6, 6.07) is 11.1. The zero-order valence-corrected chi connectivity index (χ0v) is 18.4. The molecule has 0 bridgehead atoms. The second-order valence-corrected chi connectivity index (χ2v) is 8.76. The number of H-pyrrole nitrogens is 1. The van der Waals surface area contributed by atoms with Gasteiger partial charge in [-0.05, 0) is 31.2 Å². The van der Waals surface area contributed by atoms with Gasteiger partial charge >= 0.3 is 0 Å². The fourth-order valence-corrected chi connectivity index (χ4v) is 4.10. The van der Waals surface area contributed by atoms with Crippen molar-refractivity contribution < 1.29 is 9.53 Å². The maximum Gasteiger partial charge on any atom is 0.272 e. The monoisotopic (exact) mass is 422 g/mol. The number of nitrogens with zero attached hydrogens (tertiary/aromatic N) is 2. The van der Waals surface area contributed by atoms with E-state index in [-0.39, 0.29) is 23.4 Å². The number of rotatable bonds is 6. The first-order chi connectivity index (χ1) is 14.9. The van der Waals surface area contributed by atoms with Crippen LogP contribution in [-0.2, 0) is 16.0 Å². The molecule has 1 amide bonds. The average Bonchev–Trinajstić information content (AvgIpc) is 3.19. The Hall–Kier alpha value is -2.93. The van der Waals surface area contributed by atoms with Gasteiger partial charge in [0.15, 0.2) is 5.65 Å². The standard InChI is InChI=1S/C24H30N4O3/c1-15(2)24(26-22(29)12-17-6-4-16(3)5-7-17)20-14-23(30)28-21(25-20)13-19(27-28)18-8-10-31-11-9-18/h4-7,13-15,18,24,27H,8-12H2,1-3H3,(H,26,29). The topological polar surface area (TPSA) is 88.5 Å². The fourth-order valence-electron chi connectivity index (χ4n) is 4.10. The molecule has 0 saturated carbocycles. The second-order valence-electron chi connectivity index (χ2n) is 8.76. The smallest absolute Gasteiger partial charge is 0.272 e. The highest BCUT2D eigenvalue weighted by molar-refractivity contribution is 5.79. The molecule has 0 spiro atoms. The van der Waals surface area contributed by atoms with Gasteiger partial charge in [-0.25, -0.2) is 9.50 Å². The zero-order chi connectivity index (χ0) is 22.0. The summed E-state index contributed by atoms with van der Waals surface area (Å²) in [5.74, 6) is 0.347. The molecule has 164 valence electrons. The van der Waals surface area contributed by atoms with Crippen LogP contribution in [0.3, 0.4) is 0 Å². The Kier molecular flexibility index (Phi) is 6.23. The van der Waals surface area contributed by atoms with Gasteiger partial charge in [0.1, 0.15) is 0 Å². The number of aryl methyl sites for hydroxylation is 1. The third-order valence-electron chi connectivity index (χ3n) is 5.94. The minimum Gasteiger partial charge on any atom is -0.381 e. The molecule has 1 unspecified atom stereocenters. The van der Waals surface area contributed by atoms with E-state index in [0.717, 1.165) is 42.9 Å².